The molecular weight excluding hydrogens is 334 g/mol. The van der Waals surface area contributed by atoms with E-state index in [1.54, 1.807) is 38.0 Å². The summed E-state index contributed by atoms with van der Waals surface area (Å²) in [7, 11) is 1.59. The molecule has 2 aromatic rings. The predicted octanol–water partition coefficient (Wildman–Crippen LogP) is 3.70. The maximum Gasteiger partial charge on any atom is 0.375 e. The molecule has 1 aromatic carbocycles. The van der Waals surface area contributed by atoms with Crippen molar-refractivity contribution in [3.63, 3.8) is 0 Å². The quantitative estimate of drug-likeness (QED) is 0.779. The third-order valence-electron chi connectivity index (χ3n) is 4.88. The average molecular weight is 359 g/mol. The van der Waals surface area contributed by atoms with E-state index in [-0.39, 0.29) is 11.7 Å². The SMILES string of the molecule is COc1ccc2oc(C(=O)O[C@@H](C)C(=O)N3CCCCCC3)c(C)c2c1. The molecule has 140 valence electrons. The molecule has 3 rings (SSSR count). The Morgan fingerprint density at radius 2 is 1.85 bits per heavy atom. The van der Waals surface area contributed by atoms with E-state index < -0.39 is 12.1 Å². The van der Waals surface area contributed by atoms with Crippen LogP contribution in [-0.2, 0) is 9.53 Å². The molecule has 1 amide bonds. The lowest BCUT2D eigenvalue weighted by molar-refractivity contribution is -0.139. The first-order valence-electron chi connectivity index (χ1n) is 9.08. The van der Waals surface area contributed by atoms with E-state index in [1.165, 1.54) is 0 Å². The van der Waals surface area contributed by atoms with E-state index in [0.717, 1.165) is 44.2 Å². The number of likely N-dealkylation sites (tertiary alicyclic amines) is 1. The highest BCUT2D eigenvalue weighted by Crippen LogP contribution is 2.29. The standard InChI is InChI=1S/C20H25NO5/c1-13-16-12-15(24-3)8-9-17(16)26-18(13)20(23)25-14(2)19(22)21-10-6-4-5-7-11-21/h8-9,12,14H,4-7,10-11H2,1-3H3/t14-/m0/s1. The van der Waals surface area contributed by atoms with Gasteiger partial charge in [-0.3, -0.25) is 4.79 Å². The summed E-state index contributed by atoms with van der Waals surface area (Å²) in [6.07, 6.45) is 3.44. The normalized spacial score (nSPS) is 16.2. The van der Waals surface area contributed by atoms with E-state index >= 15 is 0 Å². The molecule has 0 spiro atoms. The van der Waals surface area contributed by atoms with E-state index in [0.29, 0.717) is 16.9 Å². The maximum atomic E-state index is 12.6. The lowest BCUT2D eigenvalue weighted by atomic mass is 10.1. The largest absolute Gasteiger partial charge is 0.497 e. The van der Waals surface area contributed by atoms with Gasteiger partial charge in [0.05, 0.1) is 7.11 Å². The molecule has 0 N–H and O–H groups in total. The number of nitrogens with zero attached hydrogens (tertiary/aromatic N) is 1. The number of hydrogen-bond donors (Lipinski definition) is 0. The van der Waals surface area contributed by atoms with Gasteiger partial charge in [0, 0.05) is 24.0 Å². The number of methoxy groups -OCH3 is 1. The second kappa shape index (κ2) is 7.81. The summed E-state index contributed by atoms with van der Waals surface area (Å²) in [6, 6.07) is 5.34. The van der Waals surface area contributed by atoms with Crippen molar-refractivity contribution in [2.45, 2.75) is 45.6 Å². The summed E-state index contributed by atoms with van der Waals surface area (Å²) in [5.74, 6) is 0.0545. The molecule has 1 aliphatic heterocycles. The van der Waals surface area contributed by atoms with Gasteiger partial charge in [0.1, 0.15) is 11.3 Å². The van der Waals surface area contributed by atoms with Crippen molar-refractivity contribution in [3.8, 4) is 5.75 Å². The van der Waals surface area contributed by atoms with E-state index in [1.807, 2.05) is 6.07 Å². The van der Waals surface area contributed by atoms with Crippen LogP contribution in [0.25, 0.3) is 11.0 Å². The lowest BCUT2D eigenvalue weighted by Gasteiger charge is -2.23. The fraction of sp³-hybridized carbons (Fsp3) is 0.500. The van der Waals surface area contributed by atoms with E-state index in [2.05, 4.69) is 0 Å². The molecule has 1 aromatic heterocycles. The molecule has 26 heavy (non-hydrogen) atoms. The summed E-state index contributed by atoms with van der Waals surface area (Å²) < 4.78 is 16.3. The fourth-order valence-corrected chi connectivity index (χ4v) is 3.33. The van der Waals surface area contributed by atoms with Crippen LogP contribution >= 0.6 is 0 Å². The van der Waals surface area contributed by atoms with Crippen LogP contribution in [0.4, 0.5) is 0 Å². The number of carbonyl (C=O) groups excluding carboxylic acids is 2. The third-order valence-corrected chi connectivity index (χ3v) is 4.88. The van der Waals surface area contributed by atoms with Crippen LogP contribution in [-0.4, -0.2) is 43.1 Å². The monoisotopic (exact) mass is 359 g/mol. The third kappa shape index (κ3) is 3.69. The molecule has 1 fully saturated rings. The van der Waals surface area contributed by atoms with Crippen molar-refractivity contribution in [3.05, 3.63) is 29.5 Å². The summed E-state index contributed by atoms with van der Waals surface area (Å²) in [6.45, 7) is 4.86. The lowest BCUT2D eigenvalue weighted by Crippen LogP contribution is -2.40. The number of furan rings is 1. The van der Waals surface area contributed by atoms with Gasteiger partial charge < -0.3 is 18.8 Å². The van der Waals surface area contributed by atoms with E-state index in [9.17, 15) is 9.59 Å². The van der Waals surface area contributed by atoms with Crippen LogP contribution in [0.2, 0.25) is 0 Å². The number of hydrogen-bond acceptors (Lipinski definition) is 5. The zero-order chi connectivity index (χ0) is 18.7. The van der Waals surface area contributed by atoms with Gasteiger partial charge in [0.15, 0.2) is 6.10 Å². The van der Waals surface area contributed by atoms with Crippen molar-refractivity contribution in [1.82, 2.24) is 4.90 Å². The summed E-state index contributed by atoms with van der Waals surface area (Å²) in [4.78, 5) is 26.9. The van der Waals surface area contributed by atoms with Crippen LogP contribution < -0.4 is 4.74 Å². The Balaban J connectivity index is 1.73. The van der Waals surface area contributed by atoms with Gasteiger partial charge in [0.2, 0.25) is 5.76 Å². The second-order valence-corrected chi connectivity index (χ2v) is 6.71. The smallest absolute Gasteiger partial charge is 0.375 e. The number of benzene rings is 1. The maximum absolute atomic E-state index is 12.6. The molecule has 0 radical (unpaired) electrons. The Kier molecular flexibility index (Phi) is 5.49. The van der Waals surface area contributed by atoms with Gasteiger partial charge in [-0.15, -0.1) is 0 Å². The Labute approximate surface area is 153 Å². The minimum atomic E-state index is -0.831. The van der Waals surface area contributed by atoms with Gasteiger partial charge in [-0.05, 0) is 44.9 Å². The molecule has 2 heterocycles. The second-order valence-electron chi connectivity index (χ2n) is 6.71. The summed E-state index contributed by atoms with van der Waals surface area (Å²) in [5.41, 5.74) is 1.26. The molecule has 0 unspecified atom stereocenters. The topological polar surface area (TPSA) is 69.0 Å². The Morgan fingerprint density at radius 1 is 1.15 bits per heavy atom. The van der Waals surface area contributed by atoms with Gasteiger partial charge in [0.25, 0.3) is 5.91 Å². The van der Waals surface area contributed by atoms with Crippen LogP contribution in [0, 0.1) is 6.92 Å². The molecule has 0 saturated carbocycles. The van der Waals surface area contributed by atoms with Gasteiger partial charge >= 0.3 is 5.97 Å². The van der Waals surface area contributed by atoms with Crippen LogP contribution in [0.1, 0.15) is 48.7 Å². The Bertz CT molecular complexity index is 802. The van der Waals surface area contributed by atoms with Gasteiger partial charge in [-0.1, -0.05) is 12.8 Å². The number of amides is 1. The van der Waals surface area contributed by atoms with Crippen molar-refractivity contribution < 1.29 is 23.5 Å². The highest BCUT2D eigenvalue weighted by atomic mass is 16.6. The minimum absolute atomic E-state index is 0.128. The van der Waals surface area contributed by atoms with E-state index in [4.69, 9.17) is 13.9 Å². The van der Waals surface area contributed by atoms with Crippen molar-refractivity contribution in [2.75, 3.05) is 20.2 Å². The highest BCUT2D eigenvalue weighted by molar-refractivity contribution is 5.97. The summed E-state index contributed by atoms with van der Waals surface area (Å²) >= 11 is 0. The Morgan fingerprint density at radius 3 is 2.50 bits per heavy atom. The van der Waals surface area contributed by atoms with Crippen LogP contribution in [0.3, 0.4) is 0 Å². The number of fused-ring (bicyclic) bond motifs is 1. The van der Waals surface area contributed by atoms with Gasteiger partial charge in [-0.2, -0.15) is 0 Å². The van der Waals surface area contributed by atoms with Crippen molar-refractivity contribution in [1.29, 1.82) is 0 Å². The molecule has 0 bridgehead atoms. The molecule has 6 nitrogen and oxygen atoms in total. The summed E-state index contributed by atoms with van der Waals surface area (Å²) in [5, 5.41) is 0.794. The highest BCUT2D eigenvalue weighted by Gasteiger charge is 2.27. The first-order valence-corrected chi connectivity index (χ1v) is 9.08. The molecule has 6 heteroatoms. The Hall–Kier alpha value is -2.50. The minimum Gasteiger partial charge on any atom is -0.497 e. The van der Waals surface area contributed by atoms with Crippen molar-refractivity contribution in [2.24, 2.45) is 0 Å². The van der Waals surface area contributed by atoms with Crippen molar-refractivity contribution >= 4 is 22.8 Å². The number of esters is 1. The van der Waals surface area contributed by atoms with Gasteiger partial charge in [-0.25, -0.2) is 4.79 Å². The molecular formula is C20H25NO5. The molecule has 1 atom stereocenters. The number of ether oxygens (including phenoxy) is 2. The first kappa shape index (κ1) is 18.3. The first-order chi connectivity index (χ1) is 12.5. The van der Waals surface area contributed by atoms with Crippen LogP contribution in [0.15, 0.2) is 22.6 Å². The molecule has 1 aliphatic rings. The average Bonchev–Trinajstić information content (AvgIpc) is 2.82. The zero-order valence-corrected chi connectivity index (χ0v) is 15.5. The number of rotatable bonds is 4. The predicted molar refractivity (Wildman–Crippen MR) is 97.4 cm³/mol. The number of aryl methyl sites for hydroxylation is 1. The molecule has 0 aliphatic carbocycles. The van der Waals surface area contributed by atoms with Crippen LogP contribution in [0.5, 0.6) is 5.75 Å². The zero-order valence-electron chi connectivity index (χ0n) is 15.5. The molecule has 1 saturated heterocycles. The number of carbonyl (C=O) groups is 2. The fourth-order valence-electron chi connectivity index (χ4n) is 3.33.